The van der Waals surface area contributed by atoms with Gasteiger partial charge in [0, 0.05) is 11.8 Å². The molecule has 1 aliphatic carbocycles. The zero-order valence-electron chi connectivity index (χ0n) is 8.72. The molecule has 3 rings (SSSR count). The second-order valence-electron chi connectivity index (χ2n) is 4.45. The van der Waals surface area contributed by atoms with Gasteiger partial charge < -0.3 is 0 Å². The molecule has 2 unspecified atom stereocenters. The lowest BCUT2D eigenvalue weighted by molar-refractivity contribution is 0.465. The van der Waals surface area contributed by atoms with Gasteiger partial charge in [0.25, 0.3) is 0 Å². The predicted molar refractivity (Wildman–Crippen MR) is 61.5 cm³/mol. The summed E-state index contributed by atoms with van der Waals surface area (Å²) < 4.78 is 13.6. The van der Waals surface area contributed by atoms with Gasteiger partial charge in [0.15, 0.2) is 0 Å². The molecule has 1 saturated heterocycles. The van der Waals surface area contributed by atoms with E-state index >= 15 is 0 Å². The second kappa shape index (κ2) is 3.22. The van der Waals surface area contributed by atoms with E-state index in [1.54, 1.807) is 6.07 Å². The number of hydrogen-bond acceptors (Lipinski definition) is 2. The monoisotopic (exact) mass is 223 g/mol. The van der Waals surface area contributed by atoms with E-state index in [1.165, 1.54) is 5.56 Å². The van der Waals surface area contributed by atoms with Crippen molar-refractivity contribution in [3.05, 3.63) is 35.1 Å². The van der Waals surface area contributed by atoms with Crippen molar-refractivity contribution in [2.75, 3.05) is 5.75 Å². The van der Waals surface area contributed by atoms with Gasteiger partial charge >= 0.3 is 0 Å². The van der Waals surface area contributed by atoms with E-state index in [0.717, 1.165) is 24.2 Å². The van der Waals surface area contributed by atoms with Crippen LogP contribution in [0.2, 0.25) is 0 Å². The summed E-state index contributed by atoms with van der Waals surface area (Å²) in [5, 5.41) is 3.61. The molecular weight excluding hydrogens is 209 g/mol. The molecule has 1 aliphatic heterocycles. The topological polar surface area (TPSA) is 12.0 Å². The number of fused-ring (bicyclic) bond motifs is 2. The van der Waals surface area contributed by atoms with Crippen LogP contribution in [-0.2, 0) is 11.3 Å². The molecular formula is C12H14FNS. The standard InChI is InChI=1S/C12H14FNS/c1-8-7-15-12(14-8)6-5-9-10(12)3-2-4-11(9)13/h2-4,8,14H,5-7H2,1H3. The van der Waals surface area contributed by atoms with Crippen LogP contribution >= 0.6 is 11.8 Å². The Balaban J connectivity index is 2.08. The number of halogens is 1. The Morgan fingerprint density at radius 1 is 1.53 bits per heavy atom. The number of benzene rings is 1. The fraction of sp³-hybridized carbons (Fsp3) is 0.500. The van der Waals surface area contributed by atoms with E-state index in [2.05, 4.69) is 18.3 Å². The Morgan fingerprint density at radius 3 is 3.13 bits per heavy atom. The minimum Gasteiger partial charge on any atom is -0.296 e. The Hall–Kier alpha value is -0.540. The lowest BCUT2D eigenvalue weighted by atomic mass is 10.1. The molecule has 1 heterocycles. The highest BCUT2D eigenvalue weighted by Gasteiger charge is 2.44. The van der Waals surface area contributed by atoms with Crippen LogP contribution < -0.4 is 5.32 Å². The van der Waals surface area contributed by atoms with Gasteiger partial charge in [-0.05, 0) is 37.0 Å². The van der Waals surface area contributed by atoms with E-state index in [9.17, 15) is 4.39 Å². The van der Waals surface area contributed by atoms with Crippen LogP contribution in [-0.4, -0.2) is 11.8 Å². The molecule has 1 nitrogen and oxygen atoms in total. The van der Waals surface area contributed by atoms with Crippen LogP contribution in [0, 0.1) is 5.82 Å². The summed E-state index contributed by atoms with van der Waals surface area (Å²) in [6.45, 7) is 2.19. The van der Waals surface area contributed by atoms with Crippen molar-refractivity contribution in [1.29, 1.82) is 0 Å². The fourth-order valence-corrected chi connectivity index (χ4v) is 4.17. The quantitative estimate of drug-likeness (QED) is 0.725. The van der Waals surface area contributed by atoms with E-state index in [0.29, 0.717) is 6.04 Å². The highest BCUT2D eigenvalue weighted by molar-refractivity contribution is 8.00. The van der Waals surface area contributed by atoms with E-state index in [1.807, 2.05) is 17.8 Å². The van der Waals surface area contributed by atoms with Gasteiger partial charge in [-0.15, -0.1) is 11.8 Å². The van der Waals surface area contributed by atoms with Crippen LogP contribution in [0.3, 0.4) is 0 Å². The number of hydrogen-bond donors (Lipinski definition) is 1. The third-order valence-corrected chi connectivity index (χ3v) is 5.04. The Morgan fingerprint density at radius 2 is 2.40 bits per heavy atom. The second-order valence-corrected chi connectivity index (χ2v) is 5.77. The molecule has 0 saturated carbocycles. The van der Waals surface area contributed by atoms with Gasteiger partial charge in [0.2, 0.25) is 0 Å². The summed E-state index contributed by atoms with van der Waals surface area (Å²) in [6.07, 6.45) is 1.90. The van der Waals surface area contributed by atoms with Crippen molar-refractivity contribution in [1.82, 2.24) is 5.32 Å². The summed E-state index contributed by atoms with van der Waals surface area (Å²) in [7, 11) is 0. The predicted octanol–water partition coefficient (Wildman–Crippen LogP) is 2.65. The number of rotatable bonds is 0. The smallest absolute Gasteiger partial charge is 0.126 e. The average Bonchev–Trinajstić information content (AvgIpc) is 2.75. The molecule has 0 aromatic heterocycles. The minimum atomic E-state index is -0.0358. The molecule has 1 aromatic rings. The lowest BCUT2D eigenvalue weighted by Gasteiger charge is -2.25. The van der Waals surface area contributed by atoms with E-state index < -0.39 is 0 Å². The van der Waals surface area contributed by atoms with Crippen molar-refractivity contribution >= 4 is 11.8 Å². The Kier molecular flexibility index (Phi) is 2.08. The van der Waals surface area contributed by atoms with Gasteiger partial charge in [-0.2, -0.15) is 0 Å². The molecule has 0 radical (unpaired) electrons. The lowest BCUT2D eigenvalue weighted by Crippen LogP contribution is -2.36. The fourth-order valence-electron chi connectivity index (χ4n) is 2.68. The zero-order chi connectivity index (χ0) is 10.5. The maximum absolute atomic E-state index is 13.6. The maximum Gasteiger partial charge on any atom is 0.126 e. The van der Waals surface area contributed by atoms with E-state index in [4.69, 9.17) is 0 Å². The largest absolute Gasteiger partial charge is 0.296 e. The summed E-state index contributed by atoms with van der Waals surface area (Å²) in [5.74, 6) is 1.09. The summed E-state index contributed by atoms with van der Waals surface area (Å²) in [6, 6.07) is 6.00. The van der Waals surface area contributed by atoms with Crippen molar-refractivity contribution in [2.24, 2.45) is 0 Å². The Bertz CT molecular complexity index is 407. The van der Waals surface area contributed by atoms with E-state index in [-0.39, 0.29) is 10.7 Å². The van der Waals surface area contributed by atoms with Crippen LogP contribution in [0.15, 0.2) is 18.2 Å². The van der Waals surface area contributed by atoms with Gasteiger partial charge in [-0.3, -0.25) is 5.32 Å². The first-order valence-electron chi connectivity index (χ1n) is 5.41. The van der Waals surface area contributed by atoms with Crippen molar-refractivity contribution in [3.63, 3.8) is 0 Å². The first-order chi connectivity index (χ1) is 7.21. The summed E-state index contributed by atoms with van der Waals surface area (Å²) in [5.41, 5.74) is 2.10. The number of nitrogens with one attached hydrogen (secondary N) is 1. The molecule has 3 heteroatoms. The van der Waals surface area contributed by atoms with Crippen LogP contribution in [0.25, 0.3) is 0 Å². The zero-order valence-corrected chi connectivity index (χ0v) is 9.53. The first-order valence-corrected chi connectivity index (χ1v) is 6.39. The average molecular weight is 223 g/mol. The van der Waals surface area contributed by atoms with Crippen molar-refractivity contribution in [2.45, 2.75) is 30.7 Å². The van der Waals surface area contributed by atoms with Crippen molar-refractivity contribution in [3.8, 4) is 0 Å². The molecule has 1 fully saturated rings. The minimum absolute atomic E-state index is 0.0108. The third kappa shape index (κ3) is 1.33. The van der Waals surface area contributed by atoms with Gasteiger partial charge in [-0.1, -0.05) is 12.1 Å². The van der Waals surface area contributed by atoms with Gasteiger partial charge in [-0.25, -0.2) is 4.39 Å². The summed E-state index contributed by atoms with van der Waals surface area (Å²) in [4.78, 5) is 0.0108. The Labute approximate surface area is 93.4 Å². The molecule has 15 heavy (non-hydrogen) atoms. The van der Waals surface area contributed by atoms with Crippen molar-refractivity contribution < 1.29 is 4.39 Å². The van der Waals surface area contributed by atoms with Gasteiger partial charge in [0.1, 0.15) is 5.82 Å². The molecule has 0 amide bonds. The van der Waals surface area contributed by atoms with Gasteiger partial charge in [0.05, 0.1) is 4.87 Å². The maximum atomic E-state index is 13.6. The molecule has 2 atom stereocenters. The summed E-state index contributed by atoms with van der Waals surface area (Å²) >= 11 is 1.93. The SMILES string of the molecule is CC1CSC2(CCc3c(F)cccc32)N1. The number of thioether (sulfide) groups is 1. The molecule has 1 spiro atoms. The third-order valence-electron chi connectivity index (χ3n) is 3.34. The molecule has 0 bridgehead atoms. The highest BCUT2D eigenvalue weighted by atomic mass is 32.2. The molecule has 1 N–H and O–H groups in total. The normalized spacial score (nSPS) is 33.6. The molecule has 80 valence electrons. The molecule has 2 aliphatic rings. The first kappa shape index (κ1) is 9.67. The highest BCUT2D eigenvalue weighted by Crippen LogP contribution is 2.49. The van der Waals surface area contributed by atoms with Crippen LogP contribution in [0.1, 0.15) is 24.5 Å². The van der Waals surface area contributed by atoms with Crippen LogP contribution in [0.4, 0.5) is 4.39 Å². The van der Waals surface area contributed by atoms with Crippen LogP contribution in [0.5, 0.6) is 0 Å². The molecule has 1 aromatic carbocycles.